The highest BCUT2D eigenvalue weighted by Crippen LogP contribution is 2.35. The number of carboxylic acid groups (broad SMARTS) is 1. The fourth-order valence-corrected chi connectivity index (χ4v) is 3.64. The van der Waals surface area contributed by atoms with Gasteiger partial charge in [-0.3, -0.25) is 14.6 Å². The van der Waals surface area contributed by atoms with E-state index in [1.54, 1.807) is 17.0 Å². The minimum absolute atomic E-state index is 0.00380. The topological polar surface area (TPSA) is 176 Å². The Morgan fingerprint density at radius 3 is 2.45 bits per heavy atom. The van der Waals surface area contributed by atoms with Gasteiger partial charge in [-0.2, -0.15) is 0 Å². The van der Waals surface area contributed by atoms with E-state index in [1.807, 2.05) is 7.05 Å². The van der Waals surface area contributed by atoms with Gasteiger partial charge < -0.3 is 29.5 Å². The summed E-state index contributed by atoms with van der Waals surface area (Å²) >= 11 is 5.89. The number of fused-ring (bicyclic) bond motifs is 1. The number of rotatable bonds is 7. The van der Waals surface area contributed by atoms with Crippen molar-refractivity contribution in [3.63, 3.8) is 0 Å². The lowest BCUT2D eigenvalue weighted by Gasteiger charge is -2.33. The molecule has 14 nitrogen and oxygen atoms in total. The van der Waals surface area contributed by atoms with E-state index in [0.29, 0.717) is 29.6 Å². The smallest absolute Gasteiger partial charge is 0.412 e. The van der Waals surface area contributed by atoms with Crippen LogP contribution in [0.2, 0.25) is 5.02 Å². The van der Waals surface area contributed by atoms with E-state index >= 15 is 0 Å². The van der Waals surface area contributed by atoms with Gasteiger partial charge in [0.25, 0.3) is 12.4 Å². The lowest BCUT2D eigenvalue weighted by atomic mass is 10.0. The maximum absolute atomic E-state index is 12.8. The number of aliphatic carboxylic acids is 1. The molecule has 4 rings (SSSR count). The summed E-state index contributed by atoms with van der Waals surface area (Å²) in [4.78, 5) is 63.0. The molecule has 2 aromatic heterocycles. The van der Waals surface area contributed by atoms with Crippen molar-refractivity contribution in [2.75, 3.05) is 44.7 Å². The summed E-state index contributed by atoms with van der Waals surface area (Å²) in [6.45, 7) is 3.72. The molecule has 15 heteroatoms. The van der Waals surface area contributed by atoms with E-state index < -0.39 is 36.4 Å². The zero-order chi connectivity index (χ0) is 27.9. The summed E-state index contributed by atoms with van der Waals surface area (Å²) in [7, 11) is 2.00. The Morgan fingerprint density at radius 1 is 1.18 bits per heavy atom. The van der Waals surface area contributed by atoms with E-state index in [1.165, 1.54) is 30.4 Å². The molecule has 0 radical (unpaired) electrons. The van der Waals surface area contributed by atoms with Crippen LogP contribution >= 0.6 is 11.6 Å². The van der Waals surface area contributed by atoms with Crippen LogP contribution in [0.1, 0.15) is 35.8 Å². The Hall–Kier alpha value is -3.88. The number of piperazine rings is 1. The molecule has 2 aromatic rings. The number of carbonyl (C=O) groups excluding carboxylic acids is 3. The molecular weight excluding hydrogens is 524 g/mol. The minimum Gasteiger partial charge on any atom is -0.479 e. The van der Waals surface area contributed by atoms with Gasteiger partial charge in [0.15, 0.2) is 11.3 Å². The van der Waals surface area contributed by atoms with E-state index in [2.05, 4.69) is 24.6 Å². The third-order valence-electron chi connectivity index (χ3n) is 5.92. The molecule has 2 aliphatic rings. The zero-order valence-corrected chi connectivity index (χ0v) is 21.4. The maximum atomic E-state index is 12.8. The van der Waals surface area contributed by atoms with Crippen LogP contribution in [0.3, 0.4) is 0 Å². The van der Waals surface area contributed by atoms with Crippen LogP contribution in [-0.2, 0) is 19.1 Å². The number of hydrogen-bond acceptors (Lipinski definition) is 11. The number of carbonyl (C=O) groups is 4. The summed E-state index contributed by atoms with van der Waals surface area (Å²) < 4.78 is 9.82. The number of likely N-dealkylation sites (N-methyl/N-ethyl adjacent to an activating group) is 1. The van der Waals surface area contributed by atoms with Crippen molar-refractivity contribution in [2.45, 2.75) is 25.2 Å². The first-order valence-electron chi connectivity index (χ1n) is 11.5. The summed E-state index contributed by atoms with van der Waals surface area (Å²) in [6.07, 6.45) is 2.78. The first-order chi connectivity index (χ1) is 18.1. The van der Waals surface area contributed by atoms with Crippen molar-refractivity contribution >= 4 is 41.9 Å². The lowest BCUT2D eigenvalue weighted by molar-refractivity contribution is -0.166. The molecule has 204 valence electrons. The predicted molar refractivity (Wildman–Crippen MR) is 131 cm³/mol. The highest BCUT2D eigenvalue weighted by Gasteiger charge is 2.44. The Labute approximate surface area is 222 Å². The first-order valence-corrected chi connectivity index (χ1v) is 11.9. The van der Waals surface area contributed by atoms with Crippen LogP contribution in [0.25, 0.3) is 0 Å². The van der Waals surface area contributed by atoms with Crippen molar-refractivity contribution in [1.29, 1.82) is 0 Å². The van der Waals surface area contributed by atoms with Crippen molar-refractivity contribution in [3.8, 4) is 0 Å². The molecule has 2 amide bonds. The van der Waals surface area contributed by atoms with Gasteiger partial charge in [0.1, 0.15) is 18.1 Å². The number of nitrogens with zero attached hydrogens (tertiary/aromatic N) is 6. The molecule has 2 N–H and O–H groups in total. The van der Waals surface area contributed by atoms with Crippen molar-refractivity contribution < 1.29 is 38.9 Å². The number of hydrogen-bond donors (Lipinski definition) is 2. The molecule has 4 heterocycles. The highest BCUT2D eigenvalue weighted by atomic mass is 35.5. The molecule has 1 fully saturated rings. The van der Waals surface area contributed by atoms with E-state index in [-0.39, 0.29) is 18.6 Å². The number of aliphatic hydroxyl groups is 1. The molecule has 38 heavy (non-hydrogen) atoms. The minimum atomic E-state index is -1.94. The van der Waals surface area contributed by atoms with Crippen LogP contribution in [0.4, 0.5) is 10.6 Å². The standard InChI is InChI=1S/C17H17ClN6O3.C6H10O5/c1-22-6-8-23(9-7-22)17(26)27-16-14-13(19-4-5-20-14)15(25)24(16)12-3-2-11(18)10-21-12;1-2-6(10,5(8)9)3-11-4-7/h2-5,10,16H,6-9H2,1H3;4,10H,2-3H2,1H3,(H,8,9). The molecule has 0 bridgehead atoms. The normalized spacial score (nSPS) is 18.5. The molecular formula is C23H27ClN6O8. The van der Waals surface area contributed by atoms with E-state index in [0.717, 1.165) is 13.1 Å². The Kier molecular flexibility index (Phi) is 9.50. The Balaban J connectivity index is 0.000000310. The average molecular weight is 551 g/mol. The van der Waals surface area contributed by atoms with Crippen molar-refractivity contribution in [1.82, 2.24) is 24.8 Å². The third kappa shape index (κ3) is 6.51. The number of pyridine rings is 1. The molecule has 0 aliphatic carbocycles. The first kappa shape index (κ1) is 28.7. The fourth-order valence-electron chi connectivity index (χ4n) is 3.53. The van der Waals surface area contributed by atoms with Crippen LogP contribution < -0.4 is 4.90 Å². The second-order valence-electron chi connectivity index (χ2n) is 8.42. The monoisotopic (exact) mass is 550 g/mol. The van der Waals surface area contributed by atoms with Crippen molar-refractivity contribution in [3.05, 3.63) is 47.1 Å². The number of anilines is 1. The van der Waals surface area contributed by atoms with Gasteiger partial charge >= 0.3 is 12.1 Å². The molecule has 1 saturated heterocycles. The number of ether oxygens (including phenoxy) is 2. The quantitative estimate of drug-likeness (QED) is 0.467. The lowest BCUT2D eigenvalue weighted by Crippen LogP contribution is -2.48. The van der Waals surface area contributed by atoms with Gasteiger partial charge in [-0.25, -0.2) is 24.5 Å². The molecule has 2 atom stereocenters. The summed E-state index contributed by atoms with van der Waals surface area (Å²) in [5, 5.41) is 18.0. The van der Waals surface area contributed by atoms with Crippen LogP contribution in [0, 0.1) is 0 Å². The van der Waals surface area contributed by atoms with Crippen LogP contribution in [-0.4, -0.2) is 105 Å². The van der Waals surface area contributed by atoms with Gasteiger partial charge in [-0.15, -0.1) is 0 Å². The van der Waals surface area contributed by atoms with Gasteiger partial charge in [-0.1, -0.05) is 18.5 Å². The van der Waals surface area contributed by atoms with Gasteiger partial charge in [0.2, 0.25) is 6.23 Å². The second kappa shape index (κ2) is 12.6. The third-order valence-corrected chi connectivity index (χ3v) is 6.15. The number of halogens is 1. The number of carboxylic acids is 1. The maximum Gasteiger partial charge on any atom is 0.412 e. The molecule has 0 saturated carbocycles. The SMILES string of the molecule is CCC(O)(COC=O)C(=O)O.CN1CCN(C(=O)OC2c3nccnc3C(=O)N2c2ccc(Cl)cn2)CC1. The van der Waals surface area contributed by atoms with E-state index in [9.17, 15) is 19.2 Å². The largest absolute Gasteiger partial charge is 0.479 e. The highest BCUT2D eigenvalue weighted by molar-refractivity contribution is 6.30. The number of aromatic nitrogens is 3. The molecule has 2 aliphatic heterocycles. The van der Waals surface area contributed by atoms with Crippen molar-refractivity contribution in [2.24, 2.45) is 0 Å². The summed E-state index contributed by atoms with van der Waals surface area (Å²) in [6, 6.07) is 3.20. The Morgan fingerprint density at radius 2 is 1.87 bits per heavy atom. The second-order valence-corrected chi connectivity index (χ2v) is 8.86. The summed E-state index contributed by atoms with van der Waals surface area (Å²) in [5.74, 6) is -1.51. The van der Waals surface area contributed by atoms with Gasteiger partial charge in [0, 0.05) is 44.8 Å². The Bertz CT molecular complexity index is 1160. The fraction of sp³-hybridized carbons (Fsp3) is 0.435. The van der Waals surface area contributed by atoms with Gasteiger partial charge in [0.05, 0.1) is 5.02 Å². The number of amides is 2. The molecule has 0 spiro atoms. The summed E-state index contributed by atoms with van der Waals surface area (Å²) in [5.41, 5.74) is -1.51. The zero-order valence-electron chi connectivity index (χ0n) is 20.7. The van der Waals surface area contributed by atoms with Crippen LogP contribution in [0.15, 0.2) is 30.7 Å². The van der Waals surface area contributed by atoms with Gasteiger partial charge in [-0.05, 0) is 25.6 Å². The molecule has 0 aromatic carbocycles. The average Bonchev–Trinajstić information content (AvgIpc) is 3.19. The molecule has 2 unspecified atom stereocenters. The predicted octanol–water partition coefficient (Wildman–Crippen LogP) is 0.953. The van der Waals surface area contributed by atoms with E-state index in [4.69, 9.17) is 26.6 Å². The van der Waals surface area contributed by atoms with Crippen LogP contribution in [0.5, 0.6) is 0 Å².